The van der Waals surface area contributed by atoms with Gasteiger partial charge in [-0.3, -0.25) is 0 Å². The van der Waals surface area contributed by atoms with Crippen molar-refractivity contribution in [3.8, 4) is 0 Å². The maximum absolute atomic E-state index is 10.1. The van der Waals surface area contributed by atoms with Crippen LogP contribution in [-0.2, 0) is 16.1 Å². The lowest BCUT2D eigenvalue weighted by molar-refractivity contribution is -0.107. The van der Waals surface area contributed by atoms with Gasteiger partial charge in [-0.15, -0.1) is 0 Å². The Kier molecular flexibility index (Phi) is 5.20. The van der Waals surface area contributed by atoms with Crippen molar-refractivity contribution in [3.05, 3.63) is 47.5 Å². The fourth-order valence-corrected chi connectivity index (χ4v) is 5.57. The quantitative estimate of drug-likeness (QED) is 0.768. The molecule has 2 fully saturated rings. The van der Waals surface area contributed by atoms with Gasteiger partial charge in [0.25, 0.3) is 0 Å². The Balaban J connectivity index is 1.56. The number of hydrogen-bond acceptors (Lipinski definition) is 4. The Morgan fingerprint density at radius 2 is 2.00 bits per heavy atom. The van der Waals surface area contributed by atoms with Gasteiger partial charge in [-0.2, -0.15) is 0 Å². The van der Waals surface area contributed by atoms with Crippen LogP contribution in [0.2, 0.25) is 0 Å². The standard InChI is InChI=1S/C22H30O4/c1-22(14-24)21-18(20(11-23)26-22)10-16-8-5-9-17(16)19(21)13-25-12-15-6-3-2-4-7-15/h2-4,6-7,10,16-17,19-21,23-24H,5,8-9,11-14H2,1H3/t16-,17-,19+,20+,21-,22-/m0/s1. The molecule has 4 heteroatoms. The molecule has 1 aromatic rings. The number of aliphatic hydroxyl groups is 2. The highest BCUT2D eigenvalue weighted by molar-refractivity contribution is 5.29. The smallest absolute Gasteiger partial charge is 0.103 e. The van der Waals surface area contributed by atoms with E-state index in [0.717, 1.165) is 0 Å². The molecule has 2 N–H and O–H groups in total. The van der Waals surface area contributed by atoms with Crippen molar-refractivity contribution in [3.63, 3.8) is 0 Å². The summed E-state index contributed by atoms with van der Waals surface area (Å²) in [6.45, 7) is 3.22. The van der Waals surface area contributed by atoms with E-state index in [1.165, 1.54) is 30.4 Å². The molecule has 0 amide bonds. The molecule has 0 unspecified atom stereocenters. The number of allylic oxidation sites excluding steroid dienone is 1. The van der Waals surface area contributed by atoms with Gasteiger partial charge in [0, 0.05) is 5.92 Å². The van der Waals surface area contributed by atoms with E-state index in [1.54, 1.807) is 0 Å². The number of aliphatic hydroxyl groups excluding tert-OH is 2. The zero-order chi connectivity index (χ0) is 18.1. The fraction of sp³-hybridized carbons (Fsp3) is 0.636. The monoisotopic (exact) mass is 358 g/mol. The minimum atomic E-state index is -0.631. The Morgan fingerprint density at radius 1 is 1.19 bits per heavy atom. The summed E-state index contributed by atoms with van der Waals surface area (Å²) in [5.41, 5.74) is 1.75. The molecule has 0 bridgehead atoms. The lowest BCUT2D eigenvalue weighted by Gasteiger charge is -2.42. The summed E-state index contributed by atoms with van der Waals surface area (Å²) in [4.78, 5) is 0. The van der Waals surface area contributed by atoms with Crippen molar-refractivity contribution >= 4 is 0 Å². The van der Waals surface area contributed by atoms with Crippen LogP contribution in [0.3, 0.4) is 0 Å². The maximum atomic E-state index is 10.1. The second kappa shape index (κ2) is 7.43. The van der Waals surface area contributed by atoms with Crippen LogP contribution in [0.25, 0.3) is 0 Å². The summed E-state index contributed by atoms with van der Waals surface area (Å²) in [6, 6.07) is 10.3. The second-order valence-electron chi connectivity index (χ2n) is 8.33. The Hall–Kier alpha value is -1.20. The normalized spacial score (nSPS) is 38.7. The van der Waals surface area contributed by atoms with Gasteiger partial charge in [-0.05, 0) is 48.7 Å². The molecule has 0 aromatic heterocycles. The van der Waals surface area contributed by atoms with E-state index in [4.69, 9.17) is 9.47 Å². The van der Waals surface area contributed by atoms with E-state index < -0.39 is 5.60 Å². The number of fused-ring (bicyclic) bond motifs is 2. The minimum absolute atomic E-state index is 0.0209. The molecule has 26 heavy (non-hydrogen) atoms. The van der Waals surface area contributed by atoms with Crippen LogP contribution in [0.5, 0.6) is 0 Å². The number of rotatable bonds is 6. The summed E-state index contributed by atoms with van der Waals surface area (Å²) in [5, 5.41) is 19.9. The van der Waals surface area contributed by atoms with Gasteiger partial charge < -0.3 is 19.7 Å². The lowest BCUT2D eigenvalue weighted by atomic mass is 9.64. The van der Waals surface area contributed by atoms with Crippen LogP contribution in [0, 0.1) is 23.7 Å². The van der Waals surface area contributed by atoms with Crippen LogP contribution in [0.15, 0.2) is 42.0 Å². The Bertz CT molecular complexity index is 643. The van der Waals surface area contributed by atoms with Gasteiger partial charge in [0.2, 0.25) is 0 Å². The number of hydrogen-bond donors (Lipinski definition) is 2. The third kappa shape index (κ3) is 3.13. The zero-order valence-corrected chi connectivity index (χ0v) is 15.5. The van der Waals surface area contributed by atoms with E-state index in [0.29, 0.717) is 31.0 Å². The molecule has 1 aromatic carbocycles. The predicted molar refractivity (Wildman–Crippen MR) is 99.4 cm³/mol. The van der Waals surface area contributed by atoms with Gasteiger partial charge in [0.05, 0.1) is 32.0 Å². The molecular weight excluding hydrogens is 328 g/mol. The zero-order valence-electron chi connectivity index (χ0n) is 15.5. The predicted octanol–water partition coefficient (Wildman–Crippen LogP) is 2.93. The molecule has 142 valence electrons. The summed E-state index contributed by atoms with van der Waals surface area (Å²) in [6.07, 6.45) is 5.76. The van der Waals surface area contributed by atoms with Gasteiger partial charge in [-0.1, -0.05) is 42.8 Å². The van der Waals surface area contributed by atoms with Crippen LogP contribution in [0.1, 0.15) is 31.7 Å². The third-order valence-corrected chi connectivity index (χ3v) is 6.71. The summed E-state index contributed by atoms with van der Waals surface area (Å²) in [7, 11) is 0. The Morgan fingerprint density at radius 3 is 2.73 bits per heavy atom. The van der Waals surface area contributed by atoms with Crippen molar-refractivity contribution in [2.75, 3.05) is 19.8 Å². The van der Waals surface area contributed by atoms with Crippen LogP contribution >= 0.6 is 0 Å². The van der Waals surface area contributed by atoms with Gasteiger partial charge in [0.15, 0.2) is 0 Å². The molecule has 6 atom stereocenters. The minimum Gasteiger partial charge on any atom is -0.393 e. The molecule has 1 saturated heterocycles. The first-order valence-electron chi connectivity index (χ1n) is 9.89. The highest BCUT2D eigenvalue weighted by atomic mass is 16.5. The third-order valence-electron chi connectivity index (χ3n) is 6.71. The van der Waals surface area contributed by atoms with E-state index in [-0.39, 0.29) is 25.2 Å². The first-order valence-corrected chi connectivity index (χ1v) is 9.89. The van der Waals surface area contributed by atoms with E-state index in [9.17, 15) is 10.2 Å². The fourth-order valence-electron chi connectivity index (χ4n) is 5.57. The molecule has 2 aliphatic carbocycles. The average Bonchev–Trinajstić information content (AvgIpc) is 3.25. The summed E-state index contributed by atoms with van der Waals surface area (Å²) >= 11 is 0. The SMILES string of the molecule is C[C@@]1(CO)O[C@H](CO)C2=C[C@@H]3CCC[C@@H]3[C@@H](COCc3ccccc3)[C@H]21. The highest BCUT2D eigenvalue weighted by Crippen LogP contribution is 2.55. The topological polar surface area (TPSA) is 58.9 Å². The van der Waals surface area contributed by atoms with Crippen molar-refractivity contribution in [1.82, 2.24) is 0 Å². The van der Waals surface area contributed by atoms with E-state index in [2.05, 4.69) is 18.2 Å². The van der Waals surface area contributed by atoms with Crippen LogP contribution in [0.4, 0.5) is 0 Å². The molecule has 1 saturated carbocycles. The van der Waals surface area contributed by atoms with E-state index in [1.807, 2.05) is 25.1 Å². The molecule has 4 nitrogen and oxygen atoms in total. The van der Waals surface area contributed by atoms with Crippen LogP contribution < -0.4 is 0 Å². The Labute approximate surface area is 155 Å². The summed E-state index contributed by atoms with van der Waals surface area (Å²) < 4.78 is 12.3. The number of ether oxygens (including phenoxy) is 2. The second-order valence-corrected chi connectivity index (χ2v) is 8.33. The molecule has 3 aliphatic rings. The lowest BCUT2D eigenvalue weighted by Crippen LogP contribution is -2.46. The molecule has 0 spiro atoms. The van der Waals surface area contributed by atoms with Crippen LogP contribution in [-0.4, -0.2) is 41.7 Å². The average molecular weight is 358 g/mol. The summed E-state index contributed by atoms with van der Waals surface area (Å²) in [5.74, 6) is 1.61. The van der Waals surface area contributed by atoms with Gasteiger partial charge >= 0.3 is 0 Å². The molecule has 1 heterocycles. The van der Waals surface area contributed by atoms with Crippen molar-refractivity contribution in [2.45, 2.75) is 44.5 Å². The molecule has 4 rings (SSSR count). The van der Waals surface area contributed by atoms with Gasteiger partial charge in [0.1, 0.15) is 6.10 Å². The first-order chi connectivity index (χ1) is 12.7. The van der Waals surface area contributed by atoms with Crippen molar-refractivity contribution < 1.29 is 19.7 Å². The van der Waals surface area contributed by atoms with E-state index >= 15 is 0 Å². The van der Waals surface area contributed by atoms with Crippen molar-refractivity contribution in [2.24, 2.45) is 23.7 Å². The molecular formula is C22H30O4. The highest BCUT2D eigenvalue weighted by Gasteiger charge is 2.56. The van der Waals surface area contributed by atoms with Gasteiger partial charge in [-0.25, -0.2) is 0 Å². The molecule has 1 aliphatic heterocycles. The number of benzene rings is 1. The first kappa shape index (κ1) is 18.2. The molecule has 0 radical (unpaired) electrons. The largest absolute Gasteiger partial charge is 0.393 e. The van der Waals surface area contributed by atoms with Crippen molar-refractivity contribution in [1.29, 1.82) is 0 Å². The maximum Gasteiger partial charge on any atom is 0.103 e.